The maximum atomic E-state index is 13.0. The molecule has 1 aliphatic heterocycles. The lowest BCUT2D eigenvalue weighted by atomic mass is 10.0. The van der Waals surface area contributed by atoms with E-state index in [-0.39, 0.29) is 24.7 Å². The fourth-order valence-corrected chi connectivity index (χ4v) is 3.33. The number of nitrogens with zero attached hydrogens (tertiary/aromatic N) is 2. The molecule has 1 N–H and O–H groups in total. The zero-order valence-electron chi connectivity index (χ0n) is 14.4. The van der Waals surface area contributed by atoms with Crippen LogP contribution in [0.1, 0.15) is 34.9 Å². The normalized spacial score (nSPS) is 18.5. The van der Waals surface area contributed by atoms with Crippen molar-refractivity contribution in [1.82, 2.24) is 4.90 Å². The lowest BCUT2D eigenvalue weighted by molar-refractivity contribution is 0.0666. The van der Waals surface area contributed by atoms with Gasteiger partial charge < -0.3 is 19.7 Å². The van der Waals surface area contributed by atoms with Crippen LogP contribution in [0.25, 0.3) is 0 Å². The van der Waals surface area contributed by atoms with E-state index < -0.39 is 0 Å². The summed E-state index contributed by atoms with van der Waals surface area (Å²) in [7, 11) is 1.56. The number of carbonyl (C=O) groups excluding carboxylic acids is 1. The van der Waals surface area contributed by atoms with Crippen molar-refractivity contribution in [2.75, 3.05) is 19.0 Å². The van der Waals surface area contributed by atoms with Crippen LogP contribution < -0.4 is 14.8 Å². The molecule has 1 heterocycles. The van der Waals surface area contributed by atoms with E-state index >= 15 is 0 Å². The highest BCUT2D eigenvalue weighted by Gasteiger charge is 2.42. The van der Waals surface area contributed by atoms with Gasteiger partial charge in [-0.2, -0.15) is 5.26 Å². The lowest BCUT2D eigenvalue weighted by Gasteiger charge is -2.38. The Hall–Kier alpha value is -3.20. The Balaban J connectivity index is 1.72. The average Bonchev–Trinajstić information content (AvgIpc) is 3.51. The summed E-state index contributed by atoms with van der Waals surface area (Å²) in [5.74, 6) is 1.11. The first kappa shape index (κ1) is 16.3. The summed E-state index contributed by atoms with van der Waals surface area (Å²) >= 11 is 0. The maximum absolute atomic E-state index is 13.0. The first-order chi connectivity index (χ1) is 12.7. The second kappa shape index (κ2) is 6.60. The monoisotopic (exact) mass is 349 g/mol. The van der Waals surface area contributed by atoms with Crippen LogP contribution in [0.4, 0.5) is 5.69 Å². The molecule has 0 aromatic heterocycles. The number of ether oxygens (including phenoxy) is 2. The summed E-state index contributed by atoms with van der Waals surface area (Å²) in [6.07, 6.45) is 1.78. The van der Waals surface area contributed by atoms with Crippen molar-refractivity contribution in [2.45, 2.75) is 25.0 Å². The number of nitriles is 1. The third-order valence-corrected chi connectivity index (χ3v) is 4.70. The molecule has 26 heavy (non-hydrogen) atoms. The van der Waals surface area contributed by atoms with Crippen LogP contribution >= 0.6 is 0 Å². The van der Waals surface area contributed by atoms with Gasteiger partial charge in [0.15, 0.2) is 18.1 Å². The fraction of sp³-hybridized carbons (Fsp3) is 0.300. The fourth-order valence-electron chi connectivity index (χ4n) is 3.33. The minimum atomic E-state index is -0.260. The predicted molar refractivity (Wildman–Crippen MR) is 96.1 cm³/mol. The van der Waals surface area contributed by atoms with Crippen LogP contribution in [0.2, 0.25) is 0 Å². The van der Waals surface area contributed by atoms with Crippen molar-refractivity contribution in [3.8, 4) is 17.6 Å². The van der Waals surface area contributed by atoms with Crippen LogP contribution in [0.15, 0.2) is 42.5 Å². The van der Waals surface area contributed by atoms with Crippen molar-refractivity contribution in [1.29, 1.82) is 5.26 Å². The highest BCUT2D eigenvalue weighted by atomic mass is 16.5. The van der Waals surface area contributed by atoms with E-state index in [1.165, 1.54) is 0 Å². The number of fused-ring (bicyclic) bond motifs is 1. The van der Waals surface area contributed by atoms with Gasteiger partial charge in [0.2, 0.25) is 0 Å². The molecule has 2 aromatic rings. The van der Waals surface area contributed by atoms with Gasteiger partial charge in [-0.25, -0.2) is 0 Å². The van der Waals surface area contributed by atoms with Crippen LogP contribution in [-0.2, 0) is 0 Å². The van der Waals surface area contributed by atoms with Crippen LogP contribution in [0.5, 0.6) is 11.5 Å². The number of hydrogen-bond donors (Lipinski definition) is 1. The van der Waals surface area contributed by atoms with Crippen LogP contribution in [-0.4, -0.2) is 30.6 Å². The molecule has 4 rings (SSSR count). The number of rotatable bonds is 5. The lowest BCUT2D eigenvalue weighted by Crippen LogP contribution is -2.44. The van der Waals surface area contributed by atoms with Crippen molar-refractivity contribution in [3.05, 3.63) is 53.6 Å². The van der Waals surface area contributed by atoms with Crippen molar-refractivity contribution < 1.29 is 14.3 Å². The second-order valence-corrected chi connectivity index (χ2v) is 6.39. The molecule has 0 radical (unpaired) electrons. The molecule has 1 fully saturated rings. The molecular formula is C20H19N3O3. The Labute approximate surface area is 151 Å². The van der Waals surface area contributed by atoms with E-state index in [9.17, 15) is 4.79 Å². The average molecular weight is 349 g/mol. The summed E-state index contributed by atoms with van der Waals surface area (Å²) in [6.45, 7) is -0.0442. The topological polar surface area (TPSA) is 74.6 Å². The van der Waals surface area contributed by atoms with Gasteiger partial charge in [-0.3, -0.25) is 4.79 Å². The quantitative estimate of drug-likeness (QED) is 0.896. The largest absolute Gasteiger partial charge is 0.493 e. The Morgan fingerprint density at radius 1 is 1.23 bits per heavy atom. The summed E-state index contributed by atoms with van der Waals surface area (Å²) in [5.41, 5.74) is 2.46. The van der Waals surface area contributed by atoms with Gasteiger partial charge in [0, 0.05) is 11.7 Å². The number of para-hydroxylation sites is 1. The van der Waals surface area contributed by atoms with Crippen molar-refractivity contribution >= 4 is 11.6 Å². The van der Waals surface area contributed by atoms with E-state index in [1.807, 2.05) is 47.4 Å². The molecule has 2 aliphatic rings. The van der Waals surface area contributed by atoms with E-state index in [0.29, 0.717) is 17.1 Å². The molecule has 0 bridgehead atoms. The molecule has 6 heteroatoms. The predicted octanol–water partition coefficient (Wildman–Crippen LogP) is 3.33. The first-order valence-corrected chi connectivity index (χ1v) is 8.59. The van der Waals surface area contributed by atoms with Gasteiger partial charge in [-0.15, -0.1) is 0 Å². The molecule has 6 nitrogen and oxygen atoms in total. The molecule has 1 aliphatic carbocycles. The Morgan fingerprint density at radius 3 is 2.77 bits per heavy atom. The summed E-state index contributed by atoms with van der Waals surface area (Å²) in [5, 5.41) is 12.2. The Kier molecular flexibility index (Phi) is 4.13. The molecule has 0 unspecified atom stereocenters. The van der Waals surface area contributed by atoms with E-state index in [2.05, 4.69) is 5.32 Å². The summed E-state index contributed by atoms with van der Waals surface area (Å²) < 4.78 is 10.8. The SMILES string of the molecule is COc1cc([C@H]2Nc3ccccc3C(=O)N2C2CC2)ccc1OCC#N. The van der Waals surface area contributed by atoms with Crippen molar-refractivity contribution in [3.63, 3.8) is 0 Å². The third kappa shape index (κ3) is 2.82. The number of nitrogens with one attached hydrogen (secondary N) is 1. The zero-order chi connectivity index (χ0) is 18.1. The highest BCUT2D eigenvalue weighted by Crippen LogP contribution is 2.42. The molecule has 132 valence electrons. The van der Waals surface area contributed by atoms with E-state index in [1.54, 1.807) is 13.2 Å². The van der Waals surface area contributed by atoms with Gasteiger partial charge in [0.25, 0.3) is 5.91 Å². The number of carbonyl (C=O) groups is 1. The Morgan fingerprint density at radius 2 is 2.04 bits per heavy atom. The standard InChI is InChI=1S/C20H19N3O3/c1-25-18-12-13(6-9-17(18)26-11-10-21)19-22-16-5-3-2-4-15(16)20(24)23(19)14-7-8-14/h2-6,9,12,14,19,22H,7-8,11H2,1H3/t19-/m0/s1. The zero-order valence-corrected chi connectivity index (χ0v) is 14.4. The number of anilines is 1. The minimum Gasteiger partial charge on any atom is -0.493 e. The number of amides is 1. The Bertz CT molecular complexity index is 886. The first-order valence-electron chi connectivity index (χ1n) is 8.59. The maximum Gasteiger partial charge on any atom is 0.258 e. The molecule has 1 atom stereocenters. The van der Waals surface area contributed by atoms with E-state index in [0.717, 1.165) is 24.1 Å². The summed E-state index contributed by atoms with van der Waals surface area (Å²) in [4.78, 5) is 15.0. The van der Waals surface area contributed by atoms with Gasteiger partial charge in [0.1, 0.15) is 12.2 Å². The van der Waals surface area contributed by atoms with Crippen molar-refractivity contribution in [2.24, 2.45) is 0 Å². The molecule has 0 saturated heterocycles. The third-order valence-electron chi connectivity index (χ3n) is 4.70. The molecule has 0 spiro atoms. The van der Waals surface area contributed by atoms with Gasteiger partial charge in [-0.05, 0) is 42.7 Å². The summed E-state index contributed by atoms with van der Waals surface area (Å²) in [6, 6.07) is 15.3. The number of benzene rings is 2. The van der Waals surface area contributed by atoms with Gasteiger partial charge in [0.05, 0.1) is 12.7 Å². The van der Waals surface area contributed by atoms with Gasteiger partial charge >= 0.3 is 0 Å². The van der Waals surface area contributed by atoms with E-state index in [4.69, 9.17) is 14.7 Å². The minimum absolute atomic E-state index is 0.0442. The second-order valence-electron chi connectivity index (χ2n) is 6.39. The molecule has 1 saturated carbocycles. The van der Waals surface area contributed by atoms with Crippen LogP contribution in [0.3, 0.4) is 0 Å². The molecular weight excluding hydrogens is 330 g/mol. The number of methoxy groups -OCH3 is 1. The highest BCUT2D eigenvalue weighted by molar-refractivity contribution is 6.02. The molecule has 1 amide bonds. The van der Waals surface area contributed by atoms with Gasteiger partial charge in [-0.1, -0.05) is 18.2 Å². The smallest absolute Gasteiger partial charge is 0.258 e. The number of hydrogen-bond acceptors (Lipinski definition) is 5. The molecule has 2 aromatic carbocycles. The van der Waals surface area contributed by atoms with Crippen LogP contribution in [0, 0.1) is 11.3 Å².